The lowest BCUT2D eigenvalue weighted by molar-refractivity contribution is 0.0993. The number of aromatic nitrogens is 3. The predicted molar refractivity (Wildman–Crippen MR) is 86.7 cm³/mol. The third-order valence-electron chi connectivity index (χ3n) is 4.03. The average Bonchev–Trinajstić information content (AvgIpc) is 3.26. The van der Waals surface area contributed by atoms with Crippen molar-refractivity contribution < 1.29 is 4.79 Å². The fraction of sp³-hybridized carbons (Fsp3) is 0.438. The Morgan fingerprint density at radius 2 is 2.09 bits per heavy atom. The SMILES string of the molecule is Cc1ccc(C(=O)[C@@H](C)Sc2n[nH]c(=O)n2C2CC2)cc1C. The molecule has 3 rings (SSSR count). The number of H-pyrrole nitrogens is 1. The molecule has 1 fully saturated rings. The van der Waals surface area contributed by atoms with Gasteiger partial charge in [-0.15, -0.1) is 5.10 Å². The molecule has 2 aromatic rings. The second kappa shape index (κ2) is 5.76. The van der Waals surface area contributed by atoms with Gasteiger partial charge in [-0.3, -0.25) is 9.36 Å². The third kappa shape index (κ3) is 2.88. The maximum Gasteiger partial charge on any atom is 0.344 e. The van der Waals surface area contributed by atoms with Gasteiger partial charge in [0.2, 0.25) is 0 Å². The number of aryl methyl sites for hydroxylation is 2. The molecule has 1 aromatic carbocycles. The zero-order valence-electron chi connectivity index (χ0n) is 12.9. The van der Waals surface area contributed by atoms with Gasteiger partial charge in [0, 0.05) is 11.6 Å². The van der Waals surface area contributed by atoms with E-state index in [9.17, 15) is 9.59 Å². The van der Waals surface area contributed by atoms with E-state index in [0.717, 1.165) is 18.4 Å². The van der Waals surface area contributed by atoms with Crippen LogP contribution in [-0.4, -0.2) is 25.8 Å². The summed E-state index contributed by atoms with van der Waals surface area (Å²) in [7, 11) is 0. The predicted octanol–water partition coefficient (Wildman–Crippen LogP) is 2.89. The zero-order chi connectivity index (χ0) is 15.9. The normalized spacial score (nSPS) is 15.8. The summed E-state index contributed by atoms with van der Waals surface area (Å²) in [4.78, 5) is 24.3. The van der Waals surface area contributed by atoms with Crippen molar-refractivity contribution in [3.8, 4) is 0 Å². The topological polar surface area (TPSA) is 67.8 Å². The van der Waals surface area contributed by atoms with Crippen LogP contribution in [0.3, 0.4) is 0 Å². The van der Waals surface area contributed by atoms with Gasteiger partial charge in [-0.25, -0.2) is 9.89 Å². The number of carbonyl (C=O) groups is 1. The van der Waals surface area contributed by atoms with Gasteiger partial charge in [0.25, 0.3) is 0 Å². The number of hydrogen-bond donors (Lipinski definition) is 1. The van der Waals surface area contributed by atoms with E-state index in [1.165, 1.54) is 17.3 Å². The summed E-state index contributed by atoms with van der Waals surface area (Å²) in [6, 6.07) is 6.00. The number of carbonyl (C=O) groups excluding carboxylic acids is 1. The number of thioether (sulfide) groups is 1. The second-order valence-electron chi connectivity index (χ2n) is 5.84. The van der Waals surface area contributed by atoms with Crippen molar-refractivity contribution in [3.05, 3.63) is 45.4 Å². The van der Waals surface area contributed by atoms with Crippen LogP contribution in [-0.2, 0) is 0 Å². The maximum atomic E-state index is 12.6. The Kier molecular flexibility index (Phi) is 3.95. The highest BCUT2D eigenvalue weighted by Crippen LogP contribution is 2.37. The highest BCUT2D eigenvalue weighted by molar-refractivity contribution is 8.00. The minimum absolute atomic E-state index is 0.0610. The Hall–Kier alpha value is -1.82. The first-order chi connectivity index (χ1) is 10.5. The van der Waals surface area contributed by atoms with Crippen molar-refractivity contribution in [2.75, 3.05) is 0 Å². The van der Waals surface area contributed by atoms with E-state index in [1.807, 2.05) is 39.0 Å². The molecule has 0 spiro atoms. The van der Waals surface area contributed by atoms with E-state index in [0.29, 0.717) is 10.7 Å². The first kappa shape index (κ1) is 15.1. The first-order valence-corrected chi connectivity index (χ1v) is 8.30. The molecular formula is C16H19N3O2S. The summed E-state index contributed by atoms with van der Waals surface area (Å²) in [6.07, 6.45) is 2.01. The molecule has 22 heavy (non-hydrogen) atoms. The summed E-state index contributed by atoms with van der Waals surface area (Å²) in [6.45, 7) is 5.89. The lowest BCUT2D eigenvalue weighted by Crippen LogP contribution is -2.18. The van der Waals surface area contributed by atoms with Gasteiger partial charge in [0.1, 0.15) is 0 Å². The maximum absolute atomic E-state index is 12.6. The fourth-order valence-electron chi connectivity index (χ4n) is 2.37. The minimum Gasteiger partial charge on any atom is -0.293 e. The lowest BCUT2D eigenvalue weighted by Gasteiger charge is -2.11. The molecule has 1 heterocycles. The molecule has 0 saturated heterocycles. The van der Waals surface area contributed by atoms with E-state index in [-0.39, 0.29) is 22.8 Å². The van der Waals surface area contributed by atoms with Gasteiger partial charge in [-0.1, -0.05) is 23.9 Å². The Bertz CT molecular complexity index is 774. The molecule has 0 bridgehead atoms. The smallest absolute Gasteiger partial charge is 0.293 e. The van der Waals surface area contributed by atoms with Crippen molar-refractivity contribution in [2.24, 2.45) is 0 Å². The number of hydrogen-bond acceptors (Lipinski definition) is 4. The number of Topliss-reactive ketones (excluding diaryl/α,β-unsaturated/α-hetero) is 1. The Labute approximate surface area is 133 Å². The number of benzene rings is 1. The molecule has 116 valence electrons. The van der Waals surface area contributed by atoms with Gasteiger partial charge in [0.15, 0.2) is 10.9 Å². The monoisotopic (exact) mass is 317 g/mol. The van der Waals surface area contributed by atoms with Crippen LogP contribution in [0.2, 0.25) is 0 Å². The average molecular weight is 317 g/mol. The van der Waals surface area contributed by atoms with E-state index >= 15 is 0 Å². The van der Waals surface area contributed by atoms with Crippen LogP contribution in [0.5, 0.6) is 0 Å². The van der Waals surface area contributed by atoms with Crippen LogP contribution in [0.1, 0.15) is 47.3 Å². The fourth-order valence-corrected chi connectivity index (χ4v) is 3.37. The standard InChI is InChI=1S/C16H19N3O2S/c1-9-4-5-12(8-10(9)2)14(20)11(3)22-16-18-17-15(21)19(16)13-6-7-13/h4-5,8,11,13H,6-7H2,1-3H3,(H,17,21)/t11-/m1/s1. The van der Waals surface area contributed by atoms with Crippen molar-refractivity contribution in [1.82, 2.24) is 14.8 Å². The van der Waals surface area contributed by atoms with Crippen LogP contribution in [0.4, 0.5) is 0 Å². The summed E-state index contributed by atoms with van der Waals surface area (Å²) in [5, 5.41) is 6.87. The highest BCUT2D eigenvalue weighted by atomic mass is 32.2. The molecule has 1 aliphatic rings. The quantitative estimate of drug-likeness (QED) is 0.680. The summed E-state index contributed by atoms with van der Waals surface area (Å²) in [5.41, 5.74) is 2.80. The highest BCUT2D eigenvalue weighted by Gasteiger charge is 2.30. The van der Waals surface area contributed by atoms with Crippen LogP contribution in [0, 0.1) is 13.8 Å². The molecule has 1 atom stereocenters. The van der Waals surface area contributed by atoms with Gasteiger partial charge in [0.05, 0.1) is 5.25 Å². The number of ketones is 1. The summed E-state index contributed by atoms with van der Waals surface area (Å²) < 4.78 is 1.68. The third-order valence-corrected chi connectivity index (χ3v) is 5.09. The van der Waals surface area contributed by atoms with Crippen LogP contribution in [0.25, 0.3) is 0 Å². The molecule has 0 unspecified atom stereocenters. The number of nitrogens with zero attached hydrogens (tertiary/aromatic N) is 2. The molecular weight excluding hydrogens is 298 g/mol. The first-order valence-electron chi connectivity index (χ1n) is 7.42. The Morgan fingerprint density at radius 3 is 2.73 bits per heavy atom. The number of nitrogens with one attached hydrogen (secondary N) is 1. The molecule has 0 aliphatic heterocycles. The lowest BCUT2D eigenvalue weighted by atomic mass is 10.0. The Balaban J connectivity index is 1.79. The van der Waals surface area contributed by atoms with Gasteiger partial charge >= 0.3 is 5.69 Å². The largest absolute Gasteiger partial charge is 0.344 e. The van der Waals surface area contributed by atoms with E-state index in [1.54, 1.807) is 4.57 Å². The molecule has 1 N–H and O–H groups in total. The number of aromatic amines is 1. The van der Waals surface area contributed by atoms with Gasteiger partial charge in [-0.05, 0) is 50.8 Å². The van der Waals surface area contributed by atoms with Crippen molar-refractivity contribution in [2.45, 2.75) is 50.1 Å². The van der Waals surface area contributed by atoms with Gasteiger partial charge in [-0.2, -0.15) is 0 Å². The van der Waals surface area contributed by atoms with E-state index in [4.69, 9.17) is 0 Å². The van der Waals surface area contributed by atoms with Crippen molar-refractivity contribution in [3.63, 3.8) is 0 Å². The molecule has 1 aromatic heterocycles. The molecule has 1 aliphatic carbocycles. The van der Waals surface area contributed by atoms with E-state index in [2.05, 4.69) is 10.2 Å². The molecule has 5 nitrogen and oxygen atoms in total. The summed E-state index contributed by atoms with van der Waals surface area (Å²) >= 11 is 1.34. The van der Waals surface area contributed by atoms with Crippen LogP contribution >= 0.6 is 11.8 Å². The van der Waals surface area contributed by atoms with Gasteiger partial charge < -0.3 is 0 Å². The van der Waals surface area contributed by atoms with Crippen molar-refractivity contribution in [1.29, 1.82) is 0 Å². The second-order valence-corrected chi connectivity index (χ2v) is 7.14. The molecule has 6 heteroatoms. The summed E-state index contributed by atoms with van der Waals surface area (Å²) in [5.74, 6) is 0.0610. The molecule has 0 radical (unpaired) electrons. The minimum atomic E-state index is -0.283. The van der Waals surface area contributed by atoms with Crippen LogP contribution in [0.15, 0.2) is 28.2 Å². The van der Waals surface area contributed by atoms with Crippen molar-refractivity contribution >= 4 is 17.5 Å². The molecule has 1 saturated carbocycles. The number of rotatable bonds is 5. The molecule has 0 amide bonds. The Morgan fingerprint density at radius 1 is 1.36 bits per heavy atom. The van der Waals surface area contributed by atoms with Crippen LogP contribution < -0.4 is 5.69 Å². The zero-order valence-corrected chi connectivity index (χ0v) is 13.7. The van der Waals surface area contributed by atoms with E-state index < -0.39 is 0 Å².